The normalized spacial score (nSPS) is 10.6. The second kappa shape index (κ2) is 3.49. The SMILES string of the molecule is CCCc1c(N)noc1-c1cn[nH]n1. The van der Waals surface area contributed by atoms with Crippen LogP contribution in [0.4, 0.5) is 5.82 Å². The van der Waals surface area contributed by atoms with E-state index in [9.17, 15) is 0 Å². The third-order valence-electron chi connectivity index (χ3n) is 1.97. The Morgan fingerprint density at radius 3 is 3.07 bits per heavy atom. The summed E-state index contributed by atoms with van der Waals surface area (Å²) in [6, 6.07) is 0. The third-order valence-corrected chi connectivity index (χ3v) is 1.97. The van der Waals surface area contributed by atoms with Crippen molar-refractivity contribution in [1.82, 2.24) is 20.6 Å². The number of aromatic amines is 1. The Bertz CT molecular complexity index is 405. The molecule has 2 heterocycles. The van der Waals surface area contributed by atoms with Crippen LogP contribution in [0.3, 0.4) is 0 Å². The number of nitrogen functional groups attached to an aromatic ring is 1. The van der Waals surface area contributed by atoms with Crippen LogP contribution in [-0.4, -0.2) is 20.6 Å². The number of anilines is 1. The molecule has 0 aliphatic carbocycles. The predicted octanol–water partition coefficient (Wildman–Crippen LogP) is 0.994. The summed E-state index contributed by atoms with van der Waals surface area (Å²) >= 11 is 0. The van der Waals surface area contributed by atoms with Gasteiger partial charge < -0.3 is 10.3 Å². The molecule has 0 saturated carbocycles. The molecule has 0 fully saturated rings. The zero-order chi connectivity index (χ0) is 9.97. The van der Waals surface area contributed by atoms with Crippen molar-refractivity contribution < 1.29 is 4.52 Å². The molecule has 0 aromatic carbocycles. The van der Waals surface area contributed by atoms with E-state index in [1.54, 1.807) is 6.20 Å². The quantitative estimate of drug-likeness (QED) is 0.758. The van der Waals surface area contributed by atoms with Gasteiger partial charge >= 0.3 is 0 Å². The van der Waals surface area contributed by atoms with E-state index in [-0.39, 0.29) is 0 Å². The fourth-order valence-corrected chi connectivity index (χ4v) is 1.33. The van der Waals surface area contributed by atoms with Crippen LogP contribution in [0.2, 0.25) is 0 Å². The molecule has 0 saturated heterocycles. The fourth-order valence-electron chi connectivity index (χ4n) is 1.33. The average Bonchev–Trinajstić information content (AvgIpc) is 2.77. The highest BCUT2D eigenvalue weighted by Gasteiger charge is 2.16. The van der Waals surface area contributed by atoms with Gasteiger partial charge in [-0.3, -0.25) is 0 Å². The summed E-state index contributed by atoms with van der Waals surface area (Å²) in [5, 5.41) is 13.9. The van der Waals surface area contributed by atoms with Gasteiger partial charge in [-0.2, -0.15) is 15.4 Å². The summed E-state index contributed by atoms with van der Waals surface area (Å²) in [5.41, 5.74) is 7.21. The molecule has 0 radical (unpaired) electrons. The van der Waals surface area contributed by atoms with Gasteiger partial charge in [0, 0.05) is 5.56 Å². The van der Waals surface area contributed by atoms with Gasteiger partial charge in [-0.05, 0) is 6.42 Å². The van der Waals surface area contributed by atoms with Crippen molar-refractivity contribution >= 4 is 5.82 Å². The summed E-state index contributed by atoms with van der Waals surface area (Å²) in [7, 11) is 0. The lowest BCUT2D eigenvalue weighted by Gasteiger charge is -1.95. The molecule has 0 spiro atoms. The second-order valence-corrected chi connectivity index (χ2v) is 2.98. The third kappa shape index (κ3) is 1.34. The van der Waals surface area contributed by atoms with Crippen molar-refractivity contribution in [3.8, 4) is 11.5 Å². The first kappa shape index (κ1) is 8.74. The summed E-state index contributed by atoms with van der Waals surface area (Å²) < 4.78 is 5.09. The highest BCUT2D eigenvalue weighted by Crippen LogP contribution is 2.26. The minimum absolute atomic E-state index is 0.435. The Balaban J connectivity index is 2.43. The largest absolute Gasteiger partial charge is 0.381 e. The van der Waals surface area contributed by atoms with E-state index in [4.69, 9.17) is 10.3 Å². The minimum Gasteiger partial charge on any atom is -0.381 e. The fraction of sp³-hybridized carbons (Fsp3) is 0.375. The Hall–Kier alpha value is -1.85. The summed E-state index contributed by atoms with van der Waals surface area (Å²) in [4.78, 5) is 0. The average molecular weight is 193 g/mol. The number of hydrogen-bond acceptors (Lipinski definition) is 5. The molecule has 74 valence electrons. The van der Waals surface area contributed by atoms with Crippen molar-refractivity contribution in [1.29, 1.82) is 0 Å². The lowest BCUT2D eigenvalue weighted by atomic mass is 10.1. The maximum atomic E-state index is 5.67. The van der Waals surface area contributed by atoms with Gasteiger partial charge in [0.2, 0.25) is 0 Å². The maximum absolute atomic E-state index is 5.67. The number of hydrogen-bond donors (Lipinski definition) is 2. The van der Waals surface area contributed by atoms with E-state index in [1.807, 2.05) is 0 Å². The van der Waals surface area contributed by atoms with Crippen LogP contribution in [0.1, 0.15) is 18.9 Å². The van der Waals surface area contributed by atoms with Crippen LogP contribution in [0.25, 0.3) is 11.5 Å². The molecule has 6 heteroatoms. The molecular formula is C8H11N5O. The number of nitrogens with zero attached hydrogens (tertiary/aromatic N) is 3. The topological polar surface area (TPSA) is 93.6 Å². The Morgan fingerprint density at radius 2 is 2.43 bits per heavy atom. The maximum Gasteiger partial charge on any atom is 0.194 e. The lowest BCUT2D eigenvalue weighted by molar-refractivity contribution is 0.433. The molecule has 0 aliphatic rings. The number of aromatic nitrogens is 4. The first-order valence-electron chi connectivity index (χ1n) is 4.43. The van der Waals surface area contributed by atoms with E-state index in [1.165, 1.54) is 0 Å². The number of nitrogens with two attached hydrogens (primary N) is 1. The summed E-state index contributed by atoms with van der Waals surface area (Å²) in [6.07, 6.45) is 3.40. The van der Waals surface area contributed by atoms with E-state index in [0.29, 0.717) is 17.3 Å². The molecular weight excluding hydrogens is 182 g/mol. The number of nitrogens with one attached hydrogen (secondary N) is 1. The second-order valence-electron chi connectivity index (χ2n) is 2.98. The molecule has 2 rings (SSSR count). The molecule has 0 amide bonds. The zero-order valence-electron chi connectivity index (χ0n) is 7.82. The molecule has 0 atom stereocenters. The van der Waals surface area contributed by atoms with E-state index < -0.39 is 0 Å². The minimum atomic E-state index is 0.435. The highest BCUT2D eigenvalue weighted by atomic mass is 16.5. The highest BCUT2D eigenvalue weighted by molar-refractivity contribution is 5.61. The Labute approximate surface area is 80.5 Å². The van der Waals surface area contributed by atoms with E-state index >= 15 is 0 Å². The van der Waals surface area contributed by atoms with Crippen molar-refractivity contribution in [2.75, 3.05) is 5.73 Å². The van der Waals surface area contributed by atoms with Crippen LogP contribution in [0.15, 0.2) is 10.7 Å². The van der Waals surface area contributed by atoms with Gasteiger partial charge in [0.1, 0.15) is 0 Å². The molecule has 0 bridgehead atoms. The van der Waals surface area contributed by atoms with Crippen LogP contribution in [0, 0.1) is 0 Å². The van der Waals surface area contributed by atoms with Crippen molar-refractivity contribution in [3.05, 3.63) is 11.8 Å². The van der Waals surface area contributed by atoms with E-state index in [0.717, 1.165) is 18.4 Å². The summed E-state index contributed by atoms with van der Waals surface area (Å²) in [5.74, 6) is 1.04. The molecule has 6 nitrogen and oxygen atoms in total. The van der Waals surface area contributed by atoms with Gasteiger partial charge in [-0.25, -0.2) is 0 Å². The van der Waals surface area contributed by atoms with Crippen LogP contribution in [0.5, 0.6) is 0 Å². The summed E-state index contributed by atoms with van der Waals surface area (Å²) in [6.45, 7) is 2.07. The Morgan fingerprint density at radius 1 is 1.57 bits per heavy atom. The van der Waals surface area contributed by atoms with Crippen LogP contribution in [-0.2, 0) is 6.42 Å². The van der Waals surface area contributed by atoms with Gasteiger partial charge in [0.15, 0.2) is 17.3 Å². The van der Waals surface area contributed by atoms with Gasteiger partial charge in [0.25, 0.3) is 0 Å². The number of H-pyrrole nitrogens is 1. The predicted molar refractivity (Wildman–Crippen MR) is 50.3 cm³/mol. The first-order chi connectivity index (χ1) is 6.83. The van der Waals surface area contributed by atoms with Crippen LogP contribution < -0.4 is 5.73 Å². The smallest absolute Gasteiger partial charge is 0.194 e. The molecule has 2 aromatic rings. The van der Waals surface area contributed by atoms with Gasteiger partial charge in [-0.15, -0.1) is 0 Å². The lowest BCUT2D eigenvalue weighted by Crippen LogP contribution is -1.92. The van der Waals surface area contributed by atoms with Crippen molar-refractivity contribution in [2.45, 2.75) is 19.8 Å². The molecule has 14 heavy (non-hydrogen) atoms. The van der Waals surface area contributed by atoms with Gasteiger partial charge in [0.05, 0.1) is 6.20 Å². The Kier molecular flexibility index (Phi) is 2.18. The number of rotatable bonds is 3. The van der Waals surface area contributed by atoms with Crippen molar-refractivity contribution in [3.63, 3.8) is 0 Å². The molecule has 0 unspecified atom stereocenters. The molecule has 0 aliphatic heterocycles. The monoisotopic (exact) mass is 193 g/mol. The first-order valence-corrected chi connectivity index (χ1v) is 4.43. The molecule has 2 aromatic heterocycles. The van der Waals surface area contributed by atoms with Crippen molar-refractivity contribution in [2.24, 2.45) is 0 Å². The zero-order valence-corrected chi connectivity index (χ0v) is 7.82. The van der Waals surface area contributed by atoms with Gasteiger partial charge in [-0.1, -0.05) is 18.5 Å². The standard InChI is InChI=1S/C8H11N5O/c1-2-3-5-7(14-12-8(5)9)6-4-10-13-11-6/h4H,2-3H2,1H3,(H2,9,12)(H,10,11,13). The van der Waals surface area contributed by atoms with Crippen LogP contribution >= 0.6 is 0 Å². The van der Waals surface area contributed by atoms with E-state index in [2.05, 4.69) is 27.5 Å². The molecule has 3 N–H and O–H groups in total.